The molecule has 2 rings (SSSR count). The highest BCUT2D eigenvalue weighted by Gasteiger charge is 2.23. The van der Waals surface area contributed by atoms with Crippen LogP contribution in [0.15, 0.2) is 24.4 Å². The van der Waals surface area contributed by atoms with Crippen molar-refractivity contribution in [3.8, 4) is 0 Å². The summed E-state index contributed by atoms with van der Waals surface area (Å²) in [6.45, 7) is 0. The van der Waals surface area contributed by atoms with Crippen molar-refractivity contribution >= 4 is 34.2 Å². The number of aromatic nitrogens is 1. The molecule has 0 amide bonds. The van der Waals surface area contributed by atoms with Crippen LogP contribution in [0.25, 0.3) is 10.9 Å². The summed E-state index contributed by atoms with van der Waals surface area (Å²) in [6, 6.07) is 4.21. The zero-order valence-electron chi connectivity index (χ0n) is 9.21. The second kappa shape index (κ2) is 4.58. The Kier molecular flexibility index (Phi) is 3.12. The quantitative estimate of drug-likeness (QED) is 0.474. The van der Waals surface area contributed by atoms with Gasteiger partial charge in [0, 0.05) is 6.20 Å². The maximum atomic E-state index is 11.6. The summed E-state index contributed by atoms with van der Waals surface area (Å²) in [5.41, 5.74) is 0.0246. The minimum absolute atomic E-state index is 0.101. The van der Waals surface area contributed by atoms with Gasteiger partial charge in [0.2, 0.25) is 0 Å². The number of nitrogens with zero attached hydrogens (tertiary/aromatic N) is 2. The Morgan fingerprint density at radius 2 is 2.28 bits per heavy atom. The van der Waals surface area contributed by atoms with Crippen molar-refractivity contribution in [2.24, 2.45) is 0 Å². The van der Waals surface area contributed by atoms with Crippen molar-refractivity contribution in [1.82, 2.24) is 4.98 Å². The van der Waals surface area contributed by atoms with E-state index >= 15 is 0 Å². The van der Waals surface area contributed by atoms with Crippen LogP contribution in [0, 0.1) is 10.1 Å². The molecular formula is C11H7ClN2O4. The van der Waals surface area contributed by atoms with Crippen molar-refractivity contribution < 1.29 is 14.5 Å². The van der Waals surface area contributed by atoms with E-state index < -0.39 is 10.9 Å². The van der Waals surface area contributed by atoms with E-state index in [4.69, 9.17) is 11.6 Å². The van der Waals surface area contributed by atoms with Gasteiger partial charge in [-0.1, -0.05) is 11.6 Å². The molecule has 0 saturated carbocycles. The fourth-order valence-electron chi connectivity index (χ4n) is 1.65. The molecule has 7 heteroatoms. The number of hydrogen-bond donors (Lipinski definition) is 0. The first-order chi connectivity index (χ1) is 8.56. The minimum Gasteiger partial charge on any atom is -0.465 e. The van der Waals surface area contributed by atoms with Crippen LogP contribution in [0.5, 0.6) is 0 Å². The molecular weight excluding hydrogens is 260 g/mol. The fraction of sp³-hybridized carbons (Fsp3) is 0.0909. The van der Waals surface area contributed by atoms with E-state index in [0.717, 1.165) is 0 Å². The van der Waals surface area contributed by atoms with Gasteiger partial charge in [-0.05, 0) is 18.2 Å². The van der Waals surface area contributed by atoms with Gasteiger partial charge < -0.3 is 4.74 Å². The molecule has 0 aliphatic carbocycles. The summed E-state index contributed by atoms with van der Waals surface area (Å²) >= 11 is 5.83. The van der Waals surface area contributed by atoms with Gasteiger partial charge in [-0.2, -0.15) is 0 Å². The second-order valence-electron chi connectivity index (χ2n) is 3.40. The molecule has 1 aromatic carbocycles. The van der Waals surface area contributed by atoms with Crippen molar-refractivity contribution in [3.05, 3.63) is 45.1 Å². The van der Waals surface area contributed by atoms with Gasteiger partial charge in [-0.15, -0.1) is 0 Å². The van der Waals surface area contributed by atoms with Gasteiger partial charge in [0.05, 0.1) is 28.5 Å². The Labute approximate surface area is 106 Å². The fourth-order valence-corrected chi connectivity index (χ4v) is 1.93. The van der Waals surface area contributed by atoms with Gasteiger partial charge in [0.25, 0.3) is 5.69 Å². The first-order valence-corrected chi connectivity index (χ1v) is 5.24. The number of benzene rings is 1. The Bertz CT molecular complexity index is 657. The average molecular weight is 267 g/mol. The monoisotopic (exact) mass is 266 g/mol. The van der Waals surface area contributed by atoms with Crippen LogP contribution in [0.2, 0.25) is 5.02 Å². The van der Waals surface area contributed by atoms with E-state index in [-0.39, 0.29) is 27.2 Å². The molecule has 0 N–H and O–H groups in total. The van der Waals surface area contributed by atoms with Crippen LogP contribution in [0.4, 0.5) is 5.69 Å². The number of ether oxygens (including phenoxy) is 1. The third kappa shape index (κ3) is 1.86. The molecule has 6 nitrogen and oxygen atoms in total. The first kappa shape index (κ1) is 12.3. The smallest absolute Gasteiger partial charge is 0.340 e. The second-order valence-corrected chi connectivity index (χ2v) is 3.81. The third-order valence-electron chi connectivity index (χ3n) is 2.40. The molecule has 2 aromatic rings. The molecule has 0 atom stereocenters. The molecule has 0 radical (unpaired) electrons. The van der Waals surface area contributed by atoms with E-state index in [2.05, 4.69) is 9.72 Å². The van der Waals surface area contributed by atoms with Crippen molar-refractivity contribution in [2.75, 3.05) is 7.11 Å². The molecule has 1 aromatic heterocycles. The van der Waals surface area contributed by atoms with Gasteiger partial charge in [-0.25, -0.2) is 4.79 Å². The highest BCUT2D eigenvalue weighted by Crippen LogP contribution is 2.34. The third-order valence-corrected chi connectivity index (χ3v) is 2.69. The predicted octanol–water partition coefficient (Wildman–Crippen LogP) is 2.58. The molecule has 0 unspecified atom stereocenters. The van der Waals surface area contributed by atoms with Crippen LogP contribution >= 0.6 is 11.6 Å². The topological polar surface area (TPSA) is 82.3 Å². The number of nitro benzene ring substituents is 1. The summed E-state index contributed by atoms with van der Waals surface area (Å²) < 4.78 is 4.59. The van der Waals surface area contributed by atoms with Crippen LogP contribution in [0.1, 0.15) is 10.4 Å². The van der Waals surface area contributed by atoms with Gasteiger partial charge >= 0.3 is 5.97 Å². The molecule has 92 valence electrons. The van der Waals surface area contributed by atoms with E-state index in [1.807, 2.05) is 0 Å². The van der Waals surface area contributed by atoms with Gasteiger partial charge in [0.15, 0.2) is 0 Å². The normalized spacial score (nSPS) is 10.3. The minimum atomic E-state index is -0.643. The molecule has 0 spiro atoms. The Hall–Kier alpha value is -2.21. The van der Waals surface area contributed by atoms with E-state index in [1.165, 1.54) is 31.5 Å². The van der Waals surface area contributed by atoms with E-state index in [9.17, 15) is 14.9 Å². The van der Waals surface area contributed by atoms with Crippen molar-refractivity contribution in [3.63, 3.8) is 0 Å². The number of pyridine rings is 1. The number of fused-ring (bicyclic) bond motifs is 1. The van der Waals surface area contributed by atoms with Crippen molar-refractivity contribution in [1.29, 1.82) is 0 Å². The number of halogens is 1. The van der Waals surface area contributed by atoms with Crippen LogP contribution in [-0.4, -0.2) is 23.0 Å². The Morgan fingerprint density at radius 1 is 1.56 bits per heavy atom. The SMILES string of the molecule is COC(=O)c1cc(Cl)c([N+](=O)[O-])c2cccnc12. The van der Waals surface area contributed by atoms with Crippen LogP contribution < -0.4 is 0 Å². The zero-order valence-corrected chi connectivity index (χ0v) is 9.97. The van der Waals surface area contributed by atoms with Gasteiger partial charge in [0.1, 0.15) is 5.02 Å². The summed E-state index contributed by atoms with van der Waals surface area (Å²) in [5, 5.41) is 11.0. The standard InChI is InChI=1S/C11H7ClN2O4/c1-18-11(15)7-5-8(12)10(14(16)17)6-3-2-4-13-9(6)7/h2-5H,1H3. The number of methoxy groups -OCH3 is 1. The average Bonchev–Trinajstić information content (AvgIpc) is 2.36. The lowest BCUT2D eigenvalue weighted by atomic mass is 10.1. The Balaban J connectivity index is 2.89. The number of carbonyl (C=O) groups excluding carboxylic acids is 1. The largest absolute Gasteiger partial charge is 0.465 e. The number of hydrogen-bond acceptors (Lipinski definition) is 5. The maximum absolute atomic E-state index is 11.6. The molecule has 0 aliphatic heterocycles. The molecule has 0 aliphatic rings. The number of carbonyl (C=O) groups is 1. The van der Waals surface area contributed by atoms with Crippen molar-refractivity contribution in [2.45, 2.75) is 0 Å². The molecule has 1 heterocycles. The predicted molar refractivity (Wildman–Crippen MR) is 64.7 cm³/mol. The van der Waals surface area contributed by atoms with Gasteiger partial charge in [-0.3, -0.25) is 15.1 Å². The molecule has 0 saturated heterocycles. The highest BCUT2D eigenvalue weighted by atomic mass is 35.5. The number of nitro groups is 1. The lowest BCUT2D eigenvalue weighted by molar-refractivity contribution is -0.382. The zero-order chi connectivity index (χ0) is 13.3. The summed E-state index contributed by atoms with van der Waals surface area (Å²) in [6.07, 6.45) is 1.44. The summed E-state index contributed by atoms with van der Waals surface area (Å²) in [5.74, 6) is -0.643. The lowest BCUT2D eigenvalue weighted by Gasteiger charge is -2.06. The number of rotatable bonds is 2. The lowest BCUT2D eigenvalue weighted by Crippen LogP contribution is -2.04. The Morgan fingerprint density at radius 3 is 2.89 bits per heavy atom. The molecule has 18 heavy (non-hydrogen) atoms. The molecule has 0 bridgehead atoms. The van der Waals surface area contributed by atoms with E-state index in [1.54, 1.807) is 0 Å². The summed E-state index contributed by atoms with van der Waals surface area (Å²) in [4.78, 5) is 25.9. The van der Waals surface area contributed by atoms with Crippen LogP contribution in [0.3, 0.4) is 0 Å². The van der Waals surface area contributed by atoms with E-state index in [0.29, 0.717) is 0 Å². The highest BCUT2D eigenvalue weighted by molar-refractivity contribution is 6.34. The first-order valence-electron chi connectivity index (χ1n) is 4.86. The number of esters is 1. The maximum Gasteiger partial charge on any atom is 0.340 e. The summed E-state index contributed by atoms with van der Waals surface area (Å²) in [7, 11) is 1.21. The molecule has 0 fully saturated rings. The van der Waals surface area contributed by atoms with Crippen LogP contribution in [-0.2, 0) is 4.74 Å².